The molecule has 4 heteroatoms. The average molecular weight is 198 g/mol. The predicted octanol–water partition coefficient (Wildman–Crippen LogP) is 2.65. The second kappa shape index (κ2) is 3.03. The highest BCUT2D eigenvalue weighted by Gasteiger charge is 2.19. The molecular weight excluding hydrogens is 184 g/mol. The largest absolute Gasteiger partial charge is 0.493 e. The van der Waals surface area contributed by atoms with Crippen LogP contribution in [0.1, 0.15) is 26.5 Å². The van der Waals surface area contributed by atoms with E-state index in [0.29, 0.717) is 10.5 Å². The second-order valence-electron chi connectivity index (χ2n) is 3.88. The molecule has 0 aliphatic heterocycles. The van der Waals surface area contributed by atoms with Crippen LogP contribution < -0.4 is 0 Å². The number of nitrogens with zero attached hydrogens (tertiary/aromatic N) is 1. The van der Waals surface area contributed by atoms with E-state index in [1.807, 2.05) is 20.8 Å². The summed E-state index contributed by atoms with van der Waals surface area (Å²) in [5, 5.41) is 9.74. The molecule has 0 aromatic carbocycles. The zero-order chi connectivity index (χ0) is 10.2. The first-order chi connectivity index (χ1) is 5.88. The fourth-order valence-electron chi connectivity index (χ4n) is 1.21. The van der Waals surface area contributed by atoms with Gasteiger partial charge in [0.2, 0.25) is 5.88 Å². The van der Waals surface area contributed by atoms with Gasteiger partial charge in [0.15, 0.2) is 4.77 Å². The van der Waals surface area contributed by atoms with Crippen LogP contribution in [0.4, 0.5) is 0 Å². The number of hydrogen-bond acceptors (Lipinski definition) is 2. The molecule has 0 unspecified atom stereocenters. The summed E-state index contributed by atoms with van der Waals surface area (Å²) in [4.78, 5) is 2.88. The van der Waals surface area contributed by atoms with Crippen LogP contribution in [0.3, 0.4) is 0 Å². The Morgan fingerprint density at radius 2 is 2.08 bits per heavy atom. The topological polar surface area (TPSA) is 41.0 Å². The van der Waals surface area contributed by atoms with Crippen molar-refractivity contribution in [1.82, 2.24) is 9.55 Å². The van der Waals surface area contributed by atoms with Crippen LogP contribution in [0.15, 0.2) is 6.58 Å². The number of rotatable bonds is 1. The molecule has 0 spiro atoms. The van der Waals surface area contributed by atoms with Gasteiger partial charge in [-0.05, 0) is 39.1 Å². The van der Waals surface area contributed by atoms with Crippen molar-refractivity contribution in [2.24, 2.45) is 0 Å². The van der Waals surface area contributed by atoms with E-state index in [9.17, 15) is 5.11 Å². The first-order valence-electron chi connectivity index (χ1n) is 4.05. The maximum atomic E-state index is 9.74. The summed E-state index contributed by atoms with van der Waals surface area (Å²) >= 11 is 5.07. The van der Waals surface area contributed by atoms with Crippen LogP contribution in [0.25, 0.3) is 6.08 Å². The third kappa shape index (κ3) is 1.67. The molecule has 1 rings (SSSR count). The molecule has 1 aromatic heterocycles. The molecule has 2 N–H and O–H groups in total. The highest BCUT2D eigenvalue weighted by atomic mass is 32.1. The van der Waals surface area contributed by atoms with Crippen molar-refractivity contribution in [3.63, 3.8) is 0 Å². The van der Waals surface area contributed by atoms with Gasteiger partial charge in [-0.15, -0.1) is 0 Å². The van der Waals surface area contributed by atoms with E-state index in [2.05, 4.69) is 11.6 Å². The number of aromatic nitrogens is 2. The number of H-pyrrole nitrogens is 1. The highest BCUT2D eigenvalue weighted by Crippen LogP contribution is 2.26. The van der Waals surface area contributed by atoms with Gasteiger partial charge in [-0.1, -0.05) is 6.58 Å². The van der Waals surface area contributed by atoms with Crippen molar-refractivity contribution in [2.45, 2.75) is 26.3 Å². The lowest BCUT2D eigenvalue weighted by Crippen LogP contribution is -2.21. The maximum Gasteiger partial charge on any atom is 0.218 e. The van der Waals surface area contributed by atoms with Crippen molar-refractivity contribution in [1.29, 1.82) is 0 Å². The van der Waals surface area contributed by atoms with Gasteiger partial charge in [0.05, 0.1) is 0 Å². The quantitative estimate of drug-likeness (QED) is 0.681. The van der Waals surface area contributed by atoms with Crippen molar-refractivity contribution in [3.05, 3.63) is 17.0 Å². The summed E-state index contributed by atoms with van der Waals surface area (Å²) in [6.07, 6.45) is 1.55. The summed E-state index contributed by atoms with van der Waals surface area (Å²) in [5.74, 6) is 0.146. The van der Waals surface area contributed by atoms with Gasteiger partial charge < -0.3 is 10.1 Å². The number of aromatic amines is 1. The number of hydrogen-bond donors (Lipinski definition) is 2. The van der Waals surface area contributed by atoms with E-state index in [0.717, 1.165) is 0 Å². The van der Waals surface area contributed by atoms with Gasteiger partial charge in [-0.25, -0.2) is 0 Å². The van der Waals surface area contributed by atoms with Crippen molar-refractivity contribution >= 4 is 18.3 Å². The minimum absolute atomic E-state index is 0.146. The molecule has 0 aliphatic rings. The minimum atomic E-state index is -0.223. The Morgan fingerprint density at radius 3 is 2.31 bits per heavy atom. The molecule has 0 bridgehead atoms. The van der Waals surface area contributed by atoms with Gasteiger partial charge in [0, 0.05) is 5.54 Å². The molecule has 1 heterocycles. The Kier molecular flexibility index (Phi) is 2.34. The lowest BCUT2D eigenvalue weighted by atomic mass is 10.1. The van der Waals surface area contributed by atoms with Crippen molar-refractivity contribution in [3.8, 4) is 5.88 Å². The molecule has 0 fully saturated rings. The SMILES string of the molecule is C=Cc1[nH]c(=S)n(C(C)(C)C)c1O. The van der Waals surface area contributed by atoms with Crippen LogP contribution in [-0.2, 0) is 5.54 Å². The van der Waals surface area contributed by atoms with E-state index >= 15 is 0 Å². The molecule has 0 aliphatic carbocycles. The Hall–Kier alpha value is -1.03. The summed E-state index contributed by atoms with van der Waals surface area (Å²) in [6, 6.07) is 0. The van der Waals surface area contributed by atoms with Gasteiger partial charge in [-0.3, -0.25) is 4.57 Å². The van der Waals surface area contributed by atoms with E-state index < -0.39 is 0 Å². The van der Waals surface area contributed by atoms with E-state index in [-0.39, 0.29) is 11.4 Å². The Bertz CT molecular complexity index is 381. The zero-order valence-corrected chi connectivity index (χ0v) is 8.90. The first-order valence-corrected chi connectivity index (χ1v) is 4.45. The van der Waals surface area contributed by atoms with Gasteiger partial charge >= 0.3 is 0 Å². The van der Waals surface area contributed by atoms with Crippen LogP contribution in [0, 0.1) is 4.77 Å². The lowest BCUT2D eigenvalue weighted by molar-refractivity contribution is 0.322. The van der Waals surface area contributed by atoms with Gasteiger partial charge in [-0.2, -0.15) is 0 Å². The minimum Gasteiger partial charge on any atom is -0.493 e. The molecule has 0 atom stereocenters. The molecule has 0 saturated heterocycles. The number of nitrogens with one attached hydrogen (secondary N) is 1. The third-order valence-electron chi connectivity index (χ3n) is 1.77. The van der Waals surface area contributed by atoms with Crippen LogP contribution in [0.2, 0.25) is 0 Å². The smallest absolute Gasteiger partial charge is 0.218 e. The molecule has 72 valence electrons. The highest BCUT2D eigenvalue weighted by molar-refractivity contribution is 7.71. The maximum absolute atomic E-state index is 9.74. The second-order valence-corrected chi connectivity index (χ2v) is 4.26. The molecule has 0 saturated carbocycles. The third-order valence-corrected chi connectivity index (χ3v) is 2.06. The van der Waals surface area contributed by atoms with Crippen LogP contribution in [0.5, 0.6) is 5.88 Å². The summed E-state index contributed by atoms with van der Waals surface area (Å²) in [5.41, 5.74) is 0.346. The summed E-state index contributed by atoms with van der Waals surface area (Å²) in [6.45, 7) is 9.50. The molecule has 0 radical (unpaired) electrons. The molecule has 0 amide bonds. The van der Waals surface area contributed by atoms with E-state index in [1.54, 1.807) is 10.6 Å². The average Bonchev–Trinajstić information content (AvgIpc) is 2.24. The van der Waals surface area contributed by atoms with E-state index in [4.69, 9.17) is 12.2 Å². The number of aromatic hydroxyl groups is 1. The zero-order valence-electron chi connectivity index (χ0n) is 8.09. The Balaban J connectivity index is 3.47. The Morgan fingerprint density at radius 1 is 1.54 bits per heavy atom. The fourth-order valence-corrected chi connectivity index (χ4v) is 1.68. The fraction of sp³-hybridized carbons (Fsp3) is 0.444. The Labute approximate surface area is 82.7 Å². The monoisotopic (exact) mass is 198 g/mol. The lowest BCUT2D eigenvalue weighted by Gasteiger charge is -2.21. The molecular formula is C9H14N2OS. The molecule has 1 aromatic rings. The predicted molar refractivity (Wildman–Crippen MR) is 56.4 cm³/mol. The van der Waals surface area contributed by atoms with Gasteiger partial charge in [0.25, 0.3) is 0 Å². The molecule has 3 nitrogen and oxygen atoms in total. The summed E-state index contributed by atoms with van der Waals surface area (Å²) < 4.78 is 2.18. The van der Waals surface area contributed by atoms with Crippen molar-refractivity contribution < 1.29 is 5.11 Å². The van der Waals surface area contributed by atoms with Crippen molar-refractivity contribution in [2.75, 3.05) is 0 Å². The van der Waals surface area contributed by atoms with Crippen LogP contribution >= 0.6 is 12.2 Å². The number of imidazole rings is 1. The van der Waals surface area contributed by atoms with Gasteiger partial charge in [0.1, 0.15) is 5.69 Å². The van der Waals surface area contributed by atoms with E-state index in [1.165, 1.54) is 0 Å². The first kappa shape index (κ1) is 10.1. The molecule has 13 heavy (non-hydrogen) atoms. The standard InChI is InChI=1S/C9H14N2OS/c1-5-6-7(12)11(8(13)10-6)9(2,3)4/h5,12H,1H2,2-4H3,(H,10,13). The summed E-state index contributed by atoms with van der Waals surface area (Å²) in [7, 11) is 0. The normalized spacial score (nSPS) is 11.6. The van der Waals surface area contributed by atoms with Crippen LogP contribution in [-0.4, -0.2) is 14.7 Å².